The van der Waals surface area contributed by atoms with Crippen molar-refractivity contribution >= 4 is 34.3 Å². The molecule has 0 aliphatic heterocycles. The molecule has 140 valence electrons. The molecule has 27 heavy (non-hydrogen) atoms. The third kappa shape index (κ3) is 4.62. The SMILES string of the molecule is Cc1nn(-c2ccc(NCCNC(=O)c3cccc(I)c3)nn2)c(C)c1C. The Bertz CT molecular complexity index is 951. The summed E-state index contributed by atoms with van der Waals surface area (Å²) in [6, 6.07) is 11.2. The summed E-state index contributed by atoms with van der Waals surface area (Å²) < 4.78 is 2.83. The fourth-order valence-corrected chi connectivity index (χ4v) is 3.12. The van der Waals surface area contributed by atoms with Gasteiger partial charge in [0.15, 0.2) is 5.82 Å². The third-order valence-electron chi connectivity index (χ3n) is 4.32. The van der Waals surface area contributed by atoms with Gasteiger partial charge in [-0.25, -0.2) is 4.68 Å². The number of halogens is 1. The minimum atomic E-state index is -0.0864. The standard InChI is InChI=1S/C19H21IN6O/c1-12-13(2)25-26(14(12)3)18-8-7-17(23-24-18)21-9-10-22-19(27)15-5-4-6-16(20)11-15/h4-8,11H,9-10H2,1-3H3,(H,21,23)(H,22,27). The highest BCUT2D eigenvalue weighted by atomic mass is 127. The lowest BCUT2D eigenvalue weighted by atomic mass is 10.2. The Morgan fingerprint density at radius 2 is 1.93 bits per heavy atom. The van der Waals surface area contributed by atoms with E-state index in [0.29, 0.717) is 30.3 Å². The zero-order chi connectivity index (χ0) is 19.4. The Labute approximate surface area is 171 Å². The quantitative estimate of drug-likeness (QED) is 0.422. The van der Waals surface area contributed by atoms with E-state index in [1.54, 1.807) is 10.7 Å². The van der Waals surface area contributed by atoms with Crippen LogP contribution in [0.1, 0.15) is 27.3 Å². The number of hydrogen-bond donors (Lipinski definition) is 2. The summed E-state index contributed by atoms with van der Waals surface area (Å²) in [6.45, 7) is 7.08. The molecule has 3 aromatic rings. The van der Waals surface area contributed by atoms with E-state index >= 15 is 0 Å². The molecular weight excluding hydrogens is 455 g/mol. The molecule has 0 aliphatic carbocycles. The highest BCUT2D eigenvalue weighted by Crippen LogP contribution is 2.15. The van der Waals surface area contributed by atoms with Crippen LogP contribution < -0.4 is 10.6 Å². The van der Waals surface area contributed by atoms with Crippen molar-refractivity contribution in [1.29, 1.82) is 0 Å². The number of benzene rings is 1. The molecular formula is C19H21IN6O. The Kier molecular flexibility index (Phi) is 6.04. The maximum Gasteiger partial charge on any atom is 0.251 e. The first-order chi connectivity index (χ1) is 13.0. The molecule has 8 heteroatoms. The van der Waals surface area contributed by atoms with E-state index in [1.807, 2.05) is 51.1 Å². The van der Waals surface area contributed by atoms with Gasteiger partial charge in [0.25, 0.3) is 5.91 Å². The number of nitrogens with one attached hydrogen (secondary N) is 2. The van der Waals surface area contributed by atoms with Gasteiger partial charge in [0, 0.05) is 27.9 Å². The van der Waals surface area contributed by atoms with Gasteiger partial charge in [0.2, 0.25) is 0 Å². The number of carbonyl (C=O) groups is 1. The molecule has 2 N–H and O–H groups in total. The van der Waals surface area contributed by atoms with Crippen LogP contribution in [0.15, 0.2) is 36.4 Å². The van der Waals surface area contributed by atoms with Crippen molar-refractivity contribution in [3.63, 3.8) is 0 Å². The highest BCUT2D eigenvalue weighted by Gasteiger charge is 2.10. The molecule has 1 amide bonds. The summed E-state index contributed by atoms with van der Waals surface area (Å²) in [5.74, 6) is 1.25. The van der Waals surface area contributed by atoms with Crippen LogP contribution in [0.2, 0.25) is 0 Å². The van der Waals surface area contributed by atoms with E-state index in [4.69, 9.17) is 0 Å². The number of aryl methyl sites for hydroxylation is 1. The van der Waals surface area contributed by atoms with Crippen molar-refractivity contribution in [1.82, 2.24) is 25.3 Å². The Hall–Kier alpha value is -2.49. The van der Waals surface area contributed by atoms with E-state index in [-0.39, 0.29) is 5.91 Å². The Morgan fingerprint density at radius 1 is 1.11 bits per heavy atom. The van der Waals surface area contributed by atoms with Gasteiger partial charge in [-0.15, -0.1) is 10.2 Å². The summed E-state index contributed by atoms with van der Waals surface area (Å²) >= 11 is 2.19. The van der Waals surface area contributed by atoms with E-state index in [1.165, 1.54) is 0 Å². The predicted octanol–water partition coefficient (Wildman–Crippen LogP) is 3.03. The molecule has 1 aromatic carbocycles. The lowest BCUT2D eigenvalue weighted by Crippen LogP contribution is -2.29. The average Bonchev–Trinajstić information content (AvgIpc) is 2.93. The largest absolute Gasteiger partial charge is 0.367 e. The summed E-state index contributed by atoms with van der Waals surface area (Å²) in [7, 11) is 0. The van der Waals surface area contributed by atoms with Crippen LogP contribution in [0, 0.1) is 24.3 Å². The predicted molar refractivity (Wildman–Crippen MR) is 113 cm³/mol. The molecule has 2 heterocycles. The van der Waals surface area contributed by atoms with Gasteiger partial charge in [-0.3, -0.25) is 4.79 Å². The molecule has 0 fully saturated rings. The maximum absolute atomic E-state index is 12.1. The lowest BCUT2D eigenvalue weighted by Gasteiger charge is -2.08. The zero-order valence-electron chi connectivity index (χ0n) is 15.5. The van der Waals surface area contributed by atoms with Gasteiger partial charge in [-0.1, -0.05) is 6.07 Å². The topological polar surface area (TPSA) is 84.7 Å². The van der Waals surface area contributed by atoms with Gasteiger partial charge < -0.3 is 10.6 Å². The molecule has 0 bridgehead atoms. The smallest absolute Gasteiger partial charge is 0.251 e. The molecule has 0 saturated heterocycles. The van der Waals surface area contributed by atoms with Gasteiger partial charge in [-0.05, 0) is 79.3 Å². The number of nitrogens with zero attached hydrogens (tertiary/aromatic N) is 4. The lowest BCUT2D eigenvalue weighted by molar-refractivity contribution is 0.0955. The second kappa shape index (κ2) is 8.47. The first-order valence-electron chi connectivity index (χ1n) is 8.60. The van der Waals surface area contributed by atoms with E-state index in [9.17, 15) is 4.79 Å². The highest BCUT2D eigenvalue weighted by molar-refractivity contribution is 14.1. The molecule has 2 aromatic heterocycles. The summed E-state index contributed by atoms with van der Waals surface area (Å²) in [5.41, 5.74) is 3.86. The van der Waals surface area contributed by atoms with Crippen LogP contribution in [0.4, 0.5) is 5.82 Å². The minimum absolute atomic E-state index is 0.0864. The van der Waals surface area contributed by atoms with Crippen LogP contribution in [-0.4, -0.2) is 39.0 Å². The normalized spacial score (nSPS) is 10.7. The van der Waals surface area contributed by atoms with Crippen molar-refractivity contribution in [3.8, 4) is 5.82 Å². The van der Waals surface area contributed by atoms with E-state index in [0.717, 1.165) is 20.5 Å². The van der Waals surface area contributed by atoms with E-state index < -0.39 is 0 Å². The number of amides is 1. The number of rotatable bonds is 6. The molecule has 0 saturated carbocycles. The fraction of sp³-hybridized carbons (Fsp3) is 0.263. The number of carbonyl (C=O) groups excluding carboxylic acids is 1. The van der Waals surface area contributed by atoms with Crippen molar-refractivity contribution in [2.45, 2.75) is 20.8 Å². The fourth-order valence-electron chi connectivity index (χ4n) is 2.57. The third-order valence-corrected chi connectivity index (χ3v) is 5.00. The molecule has 7 nitrogen and oxygen atoms in total. The van der Waals surface area contributed by atoms with Crippen LogP contribution >= 0.6 is 22.6 Å². The summed E-state index contributed by atoms with van der Waals surface area (Å²) in [5, 5.41) is 18.9. The molecule has 0 unspecified atom stereocenters. The molecule has 3 rings (SSSR count). The van der Waals surface area contributed by atoms with Gasteiger partial charge >= 0.3 is 0 Å². The summed E-state index contributed by atoms with van der Waals surface area (Å²) in [6.07, 6.45) is 0. The molecule has 0 atom stereocenters. The van der Waals surface area contributed by atoms with Crippen molar-refractivity contribution in [2.24, 2.45) is 0 Å². The first-order valence-corrected chi connectivity index (χ1v) is 9.68. The van der Waals surface area contributed by atoms with Crippen LogP contribution in [0.5, 0.6) is 0 Å². The molecule has 0 spiro atoms. The monoisotopic (exact) mass is 476 g/mol. The van der Waals surface area contributed by atoms with Crippen molar-refractivity contribution < 1.29 is 4.79 Å². The second-order valence-electron chi connectivity index (χ2n) is 6.18. The number of aromatic nitrogens is 4. The van der Waals surface area contributed by atoms with Gasteiger partial charge in [0.05, 0.1) is 5.69 Å². The maximum atomic E-state index is 12.1. The van der Waals surface area contributed by atoms with Crippen molar-refractivity contribution in [3.05, 3.63) is 62.5 Å². The number of anilines is 1. The number of hydrogen-bond acceptors (Lipinski definition) is 5. The van der Waals surface area contributed by atoms with Crippen molar-refractivity contribution in [2.75, 3.05) is 18.4 Å². The minimum Gasteiger partial charge on any atom is -0.367 e. The zero-order valence-corrected chi connectivity index (χ0v) is 17.6. The van der Waals surface area contributed by atoms with Crippen LogP contribution in [-0.2, 0) is 0 Å². The van der Waals surface area contributed by atoms with Crippen LogP contribution in [0.3, 0.4) is 0 Å². The average molecular weight is 476 g/mol. The van der Waals surface area contributed by atoms with E-state index in [2.05, 4.69) is 48.5 Å². The van der Waals surface area contributed by atoms with Gasteiger partial charge in [-0.2, -0.15) is 5.10 Å². The molecule has 0 aliphatic rings. The summed E-state index contributed by atoms with van der Waals surface area (Å²) in [4.78, 5) is 12.1. The molecule has 0 radical (unpaired) electrons. The van der Waals surface area contributed by atoms with Crippen LogP contribution in [0.25, 0.3) is 5.82 Å². The second-order valence-corrected chi connectivity index (χ2v) is 7.42. The Morgan fingerprint density at radius 3 is 2.56 bits per heavy atom. The Balaban J connectivity index is 1.52. The van der Waals surface area contributed by atoms with Gasteiger partial charge in [0.1, 0.15) is 5.82 Å². The first kappa shape index (κ1) is 19.3.